The Bertz CT molecular complexity index is 1680. The lowest BCUT2D eigenvalue weighted by Crippen LogP contribution is -2.30. The number of carbonyl (C=O) groups is 1. The Kier molecular flexibility index (Phi) is 11.5. The molecular formula is C28H32N6O8S. The van der Waals surface area contributed by atoms with Gasteiger partial charge in [-0.05, 0) is 49.4 Å². The molecule has 1 amide bonds. The molecule has 3 rings (SSSR count). The highest BCUT2D eigenvalue weighted by atomic mass is 32.2. The summed E-state index contributed by atoms with van der Waals surface area (Å²) in [4.78, 5) is 24.5. The Balaban J connectivity index is 2.01. The van der Waals surface area contributed by atoms with Crippen molar-refractivity contribution in [1.82, 2.24) is 4.57 Å². The number of hydrogen-bond acceptors (Lipinski definition) is 11. The summed E-state index contributed by atoms with van der Waals surface area (Å²) in [7, 11) is -2.72. The summed E-state index contributed by atoms with van der Waals surface area (Å²) in [6, 6.07) is 13.8. The van der Waals surface area contributed by atoms with E-state index in [0.717, 1.165) is 4.57 Å². The van der Waals surface area contributed by atoms with E-state index < -0.39 is 21.5 Å². The van der Waals surface area contributed by atoms with E-state index in [2.05, 4.69) is 15.5 Å². The number of amides is 1. The van der Waals surface area contributed by atoms with Gasteiger partial charge in [0, 0.05) is 31.8 Å². The standard InChI is InChI=1S/C28H32N6O8S/c1-4-34(22-10-8-20(9-11-22)30-19(2)36)43(39,40)23-7-5-6-21(16-23)31-32-26-25(18-41-3)24(17-29)27(37)33(28(26)38)12-14-42-15-13-35/h5-11,16,35,37H,4,12-15,18H2,1-3H3,(H,30,36). The molecule has 2 aromatic carbocycles. The minimum atomic E-state index is -4.06. The Morgan fingerprint density at radius 1 is 1.16 bits per heavy atom. The average Bonchev–Trinajstić information content (AvgIpc) is 2.98. The number of hydrogen-bond donors (Lipinski definition) is 3. The van der Waals surface area contributed by atoms with Crippen molar-refractivity contribution in [2.75, 3.05) is 43.1 Å². The molecule has 15 heteroatoms. The normalized spacial score (nSPS) is 11.4. The highest BCUT2D eigenvalue weighted by Gasteiger charge is 2.25. The number of azo groups is 1. The number of pyridine rings is 1. The van der Waals surface area contributed by atoms with Gasteiger partial charge in [-0.3, -0.25) is 18.5 Å². The van der Waals surface area contributed by atoms with Crippen molar-refractivity contribution in [2.24, 2.45) is 10.2 Å². The maximum Gasteiger partial charge on any atom is 0.281 e. The van der Waals surface area contributed by atoms with E-state index >= 15 is 0 Å². The van der Waals surface area contributed by atoms with Crippen LogP contribution in [-0.4, -0.2) is 62.6 Å². The molecule has 0 unspecified atom stereocenters. The van der Waals surface area contributed by atoms with Gasteiger partial charge >= 0.3 is 0 Å². The minimum Gasteiger partial charge on any atom is -0.493 e. The van der Waals surface area contributed by atoms with Crippen molar-refractivity contribution < 1.29 is 32.9 Å². The van der Waals surface area contributed by atoms with Crippen LogP contribution in [0.15, 0.2) is 68.4 Å². The number of carbonyl (C=O) groups excluding carboxylic acids is 1. The van der Waals surface area contributed by atoms with E-state index in [1.54, 1.807) is 31.2 Å². The van der Waals surface area contributed by atoms with Crippen LogP contribution in [0.25, 0.3) is 0 Å². The summed E-state index contributed by atoms with van der Waals surface area (Å²) in [5.41, 5.74) is -0.283. The Hall–Kier alpha value is -4.62. The minimum absolute atomic E-state index is 0.00687. The number of aromatic nitrogens is 1. The molecule has 14 nitrogen and oxygen atoms in total. The van der Waals surface area contributed by atoms with E-state index in [9.17, 15) is 28.4 Å². The monoisotopic (exact) mass is 612 g/mol. The van der Waals surface area contributed by atoms with Crippen molar-refractivity contribution in [3.63, 3.8) is 0 Å². The summed E-state index contributed by atoms with van der Waals surface area (Å²) in [5, 5.41) is 40.0. The molecule has 1 aromatic heterocycles. The largest absolute Gasteiger partial charge is 0.493 e. The molecule has 0 radical (unpaired) electrons. The quantitative estimate of drug-likeness (QED) is 0.181. The number of nitrogens with one attached hydrogen (secondary N) is 1. The van der Waals surface area contributed by atoms with Gasteiger partial charge in [0.15, 0.2) is 5.69 Å². The van der Waals surface area contributed by atoms with Crippen LogP contribution in [0.3, 0.4) is 0 Å². The number of nitriles is 1. The number of nitrogens with zero attached hydrogens (tertiary/aromatic N) is 5. The number of sulfonamides is 1. The van der Waals surface area contributed by atoms with Crippen molar-refractivity contribution in [1.29, 1.82) is 5.26 Å². The van der Waals surface area contributed by atoms with Crippen molar-refractivity contribution in [3.05, 3.63) is 70.0 Å². The molecule has 0 saturated heterocycles. The van der Waals surface area contributed by atoms with Crippen LogP contribution in [0.2, 0.25) is 0 Å². The molecule has 43 heavy (non-hydrogen) atoms. The fourth-order valence-electron chi connectivity index (χ4n) is 4.12. The van der Waals surface area contributed by atoms with Crippen molar-refractivity contribution in [2.45, 2.75) is 31.9 Å². The van der Waals surface area contributed by atoms with Crippen LogP contribution in [0, 0.1) is 11.3 Å². The lowest BCUT2D eigenvalue weighted by atomic mass is 10.1. The Morgan fingerprint density at radius 3 is 2.49 bits per heavy atom. The highest BCUT2D eigenvalue weighted by Crippen LogP contribution is 2.30. The third-order valence-corrected chi connectivity index (χ3v) is 7.94. The first-order valence-corrected chi connectivity index (χ1v) is 14.5. The first kappa shape index (κ1) is 32.9. The molecule has 228 valence electrons. The molecule has 0 aliphatic carbocycles. The highest BCUT2D eigenvalue weighted by molar-refractivity contribution is 7.92. The molecule has 0 aliphatic rings. The third-order valence-electron chi connectivity index (χ3n) is 6.04. The van der Waals surface area contributed by atoms with Gasteiger partial charge in [0.05, 0.1) is 49.2 Å². The summed E-state index contributed by atoms with van der Waals surface area (Å²) in [6.07, 6.45) is 0. The second kappa shape index (κ2) is 15.0. The van der Waals surface area contributed by atoms with Gasteiger partial charge in [0.2, 0.25) is 11.8 Å². The number of methoxy groups -OCH3 is 1. The van der Waals surface area contributed by atoms with Crippen molar-refractivity contribution in [3.8, 4) is 11.9 Å². The smallest absolute Gasteiger partial charge is 0.281 e. The van der Waals surface area contributed by atoms with E-state index in [0.29, 0.717) is 11.4 Å². The third kappa shape index (κ3) is 7.81. The van der Waals surface area contributed by atoms with Crippen LogP contribution >= 0.6 is 0 Å². The fraction of sp³-hybridized carbons (Fsp3) is 0.321. The van der Waals surface area contributed by atoms with Crippen LogP contribution in [0.5, 0.6) is 5.88 Å². The molecule has 3 aromatic rings. The molecule has 0 bridgehead atoms. The molecule has 1 heterocycles. The van der Waals surface area contributed by atoms with E-state index in [4.69, 9.17) is 14.6 Å². The fourth-order valence-corrected chi connectivity index (χ4v) is 5.64. The predicted octanol–water partition coefficient (Wildman–Crippen LogP) is 3.17. The molecule has 0 spiro atoms. The van der Waals surface area contributed by atoms with Gasteiger partial charge in [0.25, 0.3) is 15.6 Å². The van der Waals surface area contributed by atoms with Gasteiger partial charge in [-0.1, -0.05) is 6.07 Å². The predicted molar refractivity (Wildman–Crippen MR) is 157 cm³/mol. The number of aromatic hydroxyl groups is 1. The first-order valence-electron chi connectivity index (χ1n) is 13.1. The molecular weight excluding hydrogens is 580 g/mol. The van der Waals surface area contributed by atoms with E-state index in [1.807, 2.05) is 6.07 Å². The zero-order valence-electron chi connectivity index (χ0n) is 23.8. The van der Waals surface area contributed by atoms with Crippen LogP contribution in [0.1, 0.15) is 25.0 Å². The number of ether oxygens (including phenoxy) is 2. The summed E-state index contributed by atoms with van der Waals surface area (Å²) >= 11 is 0. The lowest BCUT2D eigenvalue weighted by Gasteiger charge is -2.23. The molecule has 3 N–H and O–H groups in total. The Morgan fingerprint density at radius 2 is 1.88 bits per heavy atom. The van der Waals surface area contributed by atoms with Gasteiger partial charge in [-0.25, -0.2) is 8.42 Å². The van der Waals surface area contributed by atoms with E-state index in [1.165, 1.54) is 42.6 Å². The summed E-state index contributed by atoms with van der Waals surface area (Å²) in [5.74, 6) is -0.848. The number of anilines is 2. The lowest BCUT2D eigenvalue weighted by molar-refractivity contribution is -0.114. The van der Waals surface area contributed by atoms with Gasteiger partial charge in [0.1, 0.15) is 11.6 Å². The van der Waals surface area contributed by atoms with Gasteiger partial charge < -0.3 is 25.0 Å². The average molecular weight is 613 g/mol. The number of benzene rings is 2. The second-order valence-corrected chi connectivity index (χ2v) is 10.8. The molecule has 0 saturated carbocycles. The summed E-state index contributed by atoms with van der Waals surface area (Å²) < 4.78 is 39.6. The van der Waals surface area contributed by atoms with Crippen LogP contribution in [-0.2, 0) is 37.4 Å². The van der Waals surface area contributed by atoms with Crippen molar-refractivity contribution >= 4 is 38.7 Å². The molecule has 0 atom stereocenters. The Labute approximate surface area is 248 Å². The van der Waals surface area contributed by atoms with Gasteiger partial charge in [-0.2, -0.15) is 10.4 Å². The maximum absolute atomic E-state index is 13.6. The number of aliphatic hydroxyl groups excluding tert-OH is 1. The maximum atomic E-state index is 13.6. The molecule has 0 aliphatic heterocycles. The topological polar surface area (TPSA) is 196 Å². The zero-order valence-corrected chi connectivity index (χ0v) is 24.7. The van der Waals surface area contributed by atoms with Gasteiger partial charge in [-0.15, -0.1) is 5.11 Å². The SMILES string of the molecule is CCN(c1ccc(NC(C)=O)cc1)S(=O)(=O)c1cccc(N=Nc2c(COC)c(C#N)c(O)n(CCOCCO)c2=O)c1. The molecule has 0 fully saturated rings. The number of rotatable bonds is 14. The van der Waals surface area contributed by atoms with Crippen LogP contribution < -0.4 is 15.2 Å². The van der Waals surface area contributed by atoms with Crippen LogP contribution in [0.4, 0.5) is 22.7 Å². The second-order valence-electron chi connectivity index (χ2n) is 8.96. The van der Waals surface area contributed by atoms with E-state index in [-0.39, 0.29) is 72.8 Å². The number of aliphatic hydroxyl groups is 1. The first-order chi connectivity index (χ1) is 20.6. The summed E-state index contributed by atoms with van der Waals surface area (Å²) in [6.45, 7) is 2.54. The zero-order chi connectivity index (χ0) is 31.6.